The molecule has 0 aliphatic carbocycles. The molecule has 0 unspecified atom stereocenters. The molecule has 0 spiro atoms. The molecule has 1 amide bonds. The van der Waals surface area contributed by atoms with Gasteiger partial charge in [-0.3, -0.25) is 9.59 Å². The van der Waals surface area contributed by atoms with Crippen LogP contribution in [0.25, 0.3) is 5.65 Å². The number of fused-ring (bicyclic) bond motifs is 1. The third kappa shape index (κ3) is 2.87. The number of amides is 1. The zero-order chi connectivity index (χ0) is 20.0. The quantitative estimate of drug-likeness (QED) is 0.669. The minimum absolute atomic E-state index is 0.0731. The summed E-state index contributed by atoms with van der Waals surface area (Å²) < 4.78 is 1.40. The Hall–Kier alpha value is -3.09. The van der Waals surface area contributed by atoms with Crippen molar-refractivity contribution in [3.8, 4) is 0 Å². The molecule has 146 valence electrons. The average Bonchev–Trinajstić information content (AvgIpc) is 3.10. The Labute approximate surface area is 163 Å². The number of hydrogen-bond acceptors (Lipinski definition) is 4. The Balaban J connectivity index is 1.78. The summed E-state index contributed by atoms with van der Waals surface area (Å²) in [6.07, 6.45) is 2.77. The number of nitrogen functional groups attached to an aromatic ring is 1. The average molecular weight is 379 g/mol. The van der Waals surface area contributed by atoms with E-state index in [1.807, 2.05) is 36.9 Å². The summed E-state index contributed by atoms with van der Waals surface area (Å²) >= 11 is 0. The Kier molecular flexibility index (Phi) is 4.45. The number of carbonyl (C=O) groups is 1. The molecule has 1 aliphatic heterocycles. The van der Waals surface area contributed by atoms with Gasteiger partial charge in [0.25, 0.3) is 11.5 Å². The van der Waals surface area contributed by atoms with Crippen molar-refractivity contribution in [1.29, 1.82) is 0 Å². The van der Waals surface area contributed by atoms with Crippen LogP contribution in [0.4, 0.5) is 5.69 Å². The van der Waals surface area contributed by atoms with Gasteiger partial charge in [0.1, 0.15) is 5.65 Å². The molecule has 7 heteroatoms. The summed E-state index contributed by atoms with van der Waals surface area (Å²) in [4.78, 5) is 31.0. The molecule has 0 radical (unpaired) electrons. The number of likely N-dealkylation sites (tertiary alicyclic amines) is 1. The van der Waals surface area contributed by atoms with Gasteiger partial charge in [-0.15, -0.1) is 0 Å². The summed E-state index contributed by atoms with van der Waals surface area (Å²) in [5, 5.41) is 4.56. The van der Waals surface area contributed by atoms with Crippen LogP contribution < -0.4 is 11.3 Å². The first-order valence-corrected chi connectivity index (χ1v) is 9.63. The van der Waals surface area contributed by atoms with Gasteiger partial charge >= 0.3 is 0 Å². The Morgan fingerprint density at radius 3 is 2.79 bits per heavy atom. The second kappa shape index (κ2) is 6.82. The molecule has 7 nitrogen and oxygen atoms in total. The first-order chi connectivity index (χ1) is 13.4. The van der Waals surface area contributed by atoms with Crippen LogP contribution in [0.15, 0.2) is 29.1 Å². The molecule has 1 aromatic carbocycles. The van der Waals surface area contributed by atoms with Crippen molar-refractivity contribution >= 4 is 17.2 Å². The SMILES string of the molecule is Cc1cccc(N)c1C(=O)N1CCCC[C@H]1c1cc2[nH]c(C)c(C)c(=O)n2n1. The van der Waals surface area contributed by atoms with Crippen LogP contribution in [-0.2, 0) is 0 Å². The van der Waals surface area contributed by atoms with E-state index in [0.717, 1.165) is 36.2 Å². The van der Waals surface area contributed by atoms with Crippen molar-refractivity contribution in [2.24, 2.45) is 0 Å². The monoisotopic (exact) mass is 379 g/mol. The fourth-order valence-electron chi connectivity index (χ4n) is 4.02. The molecule has 1 fully saturated rings. The number of aromatic nitrogens is 3. The number of carbonyl (C=O) groups excluding carboxylic acids is 1. The van der Waals surface area contributed by atoms with Crippen LogP contribution >= 0.6 is 0 Å². The van der Waals surface area contributed by atoms with Crippen LogP contribution in [-0.4, -0.2) is 31.9 Å². The number of H-pyrrole nitrogens is 1. The van der Waals surface area contributed by atoms with Gasteiger partial charge in [0.2, 0.25) is 0 Å². The molecule has 1 atom stereocenters. The summed E-state index contributed by atoms with van der Waals surface area (Å²) in [6.45, 7) is 6.21. The molecule has 2 aromatic heterocycles. The Morgan fingerprint density at radius 2 is 2.04 bits per heavy atom. The number of anilines is 1. The standard InChI is InChI=1S/C21H25N5O2/c1-12-7-6-8-15(22)19(12)21(28)25-10-5-4-9-17(25)16-11-18-23-14(3)13(2)20(27)26(18)24-16/h6-8,11,17,23H,4-5,9-10,22H2,1-3H3/t17-/m0/s1. The zero-order valence-electron chi connectivity index (χ0n) is 16.5. The van der Waals surface area contributed by atoms with Crippen molar-refractivity contribution in [3.05, 3.63) is 62.7 Å². The van der Waals surface area contributed by atoms with Gasteiger partial charge in [-0.05, 0) is 51.7 Å². The molecule has 0 saturated carbocycles. The lowest BCUT2D eigenvalue weighted by molar-refractivity contribution is 0.0606. The first kappa shape index (κ1) is 18.3. The molecule has 0 bridgehead atoms. The highest BCUT2D eigenvalue weighted by Gasteiger charge is 2.32. The maximum Gasteiger partial charge on any atom is 0.277 e. The molecular formula is C21H25N5O2. The summed E-state index contributed by atoms with van der Waals surface area (Å²) in [5.41, 5.74) is 10.8. The van der Waals surface area contributed by atoms with Crippen molar-refractivity contribution < 1.29 is 4.79 Å². The highest BCUT2D eigenvalue weighted by molar-refractivity contribution is 6.00. The molecule has 3 heterocycles. The molecule has 1 saturated heterocycles. The van der Waals surface area contributed by atoms with Gasteiger partial charge in [-0.2, -0.15) is 9.61 Å². The molecule has 28 heavy (non-hydrogen) atoms. The molecule has 1 aliphatic rings. The van der Waals surface area contributed by atoms with Gasteiger partial charge < -0.3 is 15.6 Å². The number of nitrogens with one attached hydrogen (secondary N) is 1. The molecule has 3 N–H and O–H groups in total. The van der Waals surface area contributed by atoms with Crippen LogP contribution in [0, 0.1) is 20.8 Å². The first-order valence-electron chi connectivity index (χ1n) is 9.63. The minimum atomic E-state index is -0.173. The number of aryl methyl sites for hydroxylation is 2. The van der Waals surface area contributed by atoms with Crippen LogP contribution in [0.3, 0.4) is 0 Å². The van der Waals surface area contributed by atoms with Gasteiger partial charge in [0.05, 0.1) is 17.3 Å². The number of hydrogen-bond donors (Lipinski definition) is 2. The van der Waals surface area contributed by atoms with Crippen molar-refractivity contribution in [3.63, 3.8) is 0 Å². The van der Waals surface area contributed by atoms with Crippen molar-refractivity contribution in [2.75, 3.05) is 12.3 Å². The van der Waals surface area contributed by atoms with Gasteiger partial charge in [-0.1, -0.05) is 12.1 Å². The molecular weight excluding hydrogens is 354 g/mol. The third-order valence-corrected chi connectivity index (χ3v) is 5.74. The van der Waals surface area contributed by atoms with Crippen molar-refractivity contribution in [2.45, 2.75) is 46.1 Å². The van der Waals surface area contributed by atoms with Gasteiger partial charge in [0, 0.05) is 29.6 Å². The van der Waals surface area contributed by atoms with E-state index < -0.39 is 0 Å². The van der Waals surface area contributed by atoms with Crippen LogP contribution in [0.5, 0.6) is 0 Å². The van der Waals surface area contributed by atoms with E-state index in [4.69, 9.17) is 5.73 Å². The van der Waals surface area contributed by atoms with E-state index in [0.29, 0.717) is 29.0 Å². The summed E-state index contributed by atoms with van der Waals surface area (Å²) in [5.74, 6) is -0.0731. The highest BCUT2D eigenvalue weighted by Crippen LogP contribution is 2.33. The van der Waals surface area contributed by atoms with Gasteiger partial charge in [0.15, 0.2) is 0 Å². The highest BCUT2D eigenvalue weighted by atomic mass is 16.2. The lowest BCUT2D eigenvalue weighted by atomic mass is 9.96. The number of nitrogens with zero attached hydrogens (tertiary/aromatic N) is 3. The largest absolute Gasteiger partial charge is 0.398 e. The Morgan fingerprint density at radius 1 is 1.25 bits per heavy atom. The lowest BCUT2D eigenvalue weighted by Gasteiger charge is -2.35. The van der Waals surface area contributed by atoms with E-state index in [1.165, 1.54) is 4.52 Å². The van der Waals surface area contributed by atoms with Crippen molar-refractivity contribution in [1.82, 2.24) is 19.5 Å². The zero-order valence-corrected chi connectivity index (χ0v) is 16.5. The number of piperidine rings is 1. The molecule has 3 aromatic rings. The van der Waals surface area contributed by atoms with Gasteiger partial charge in [-0.25, -0.2) is 0 Å². The second-order valence-corrected chi connectivity index (χ2v) is 7.60. The number of nitrogens with two attached hydrogens (primary N) is 1. The minimum Gasteiger partial charge on any atom is -0.398 e. The predicted octanol–water partition coefficient (Wildman–Crippen LogP) is 2.90. The molecule has 4 rings (SSSR count). The van der Waals surface area contributed by atoms with E-state index in [1.54, 1.807) is 13.0 Å². The smallest absolute Gasteiger partial charge is 0.277 e. The maximum atomic E-state index is 13.4. The number of rotatable bonds is 2. The predicted molar refractivity (Wildman–Crippen MR) is 109 cm³/mol. The van der Waals surface area contributed by atoms with E-state index >= 15 is 0 Å². The third-order valence-electron chi connectivity index (χ3n) is 5.74. The fourth-order valence-corrected chi connectivity index (χ4v) is 4.02. The second-order valence-electron chi connectivity index (χ2n) is 7.60. The van der Waals surface area contributed by atoms with E-state index in [2.05, 4.69) is 10.1 Å². The van der Waals surface area contributed by atoms with Crippen LogP contribution in [0.1, 0.15) is 58.2 Å². The van der Waals surface area contributed by atoms with Crippen LogP contribution in [0.2, 0.25) is 0 Å². The topological polar surface area (TPSA) is 96.5 Å². The fraction of sp³-hybridized carbons (Fsp3) is 0.381. The van der Waals surface area contributed by atoms with E-state index in [9.17, 15) is 9.59 Å². The number of benzene rings is 1. The summed E-state index contributed by atoms with van der Waals surface area (Å²) in [7, 11) is 0. The Bertz CT molecular complexity index is 1110. The van der Waals surface area contributed by atoms with E-state index in [-0.39, 0.29) is 17.5 Å². The lowest BCUT2D eigenvalue weighted by Crippen LogP contribution is -2.39. The number of aromatic amines is 1. The summed E-state index contributed by atoms with van der Waals surface area (Å²) in [6, 6.07) is 7.22. The normalized spacial score (nSPS) is 17.2. The maximum absolute atomic E-state index is 13.4.